The van der Waals surface area contributed by atoms with Crippen LogP contribution in [-0.2, 0) is 4.74 Å². The quantitative estimate of drug-likeness (QED) is 0.661. The van der Waals surface area contributed by atoms with E-state index in [4.69, 9.17) is 10.5 Å². The molecule has 0 atom stereocenters. The minimum Gasteiger partial charge on any atom is -0.465 e. The van der Waals surface area contributed by atoms with E-state index < -0.39 is 0 Å². The first-order valence-electron chi connectivity index (χ1n) is 5.32. The fourth-order valence-electron chi connectivity index (χ4n) is 1.55. The molecule has 0 aliphatic rings. The van der Waals surface area contributed by atoms with Gasteiger partial charge in [0.15, 0.2) is 0 Å². The number of anilines is 2. The maximum Gasteiger partial charge on any atom is 0.350 e. The van der Waals surface area contributed by atoms with E-state index in [0.29, 0.717) is 10.6 Å². The predicted molar refractivity (Wildman–Crippen MR) is 75.4 cm³/mol. The van der Waals surface area contributed by atoms with E-state index in [1.165, 1.54) is 18.4 Å². The number of methoxy groups -OCH3 is 1. The zero-order valence-corrected chi connectivity index (χ0v) is 12.2. The van der Waals surface area contributed by atoms with E-state index in [1.54, 1.807) is 11.8 Å². The topological polar surface area (TPSA) is 55.6 Å². The second-order valence-corrected chi connectivity index (χ2v) is 5.41. The number of rotatable bonds is 5. The molecular formula is C11H18N2O2S2. The monoisotopic (exact) mass is 274 g/mol. The van der Waals surface area contributed by atoms with Crippen molar-refractivity contribution in [3.63, 3.8) is 0 Å². The molecule has 0 saturated carbocycles. The van der Waals surface area contributed by atoms with Crippen molar-refractivity contribution in [2.45, 2.75) is 18.2 Å². The summed E-state index contributed by atoms with van der Waals surface area (Å²) in [5, 5.41) is 1.04. The van der Waals surface area contributed by atoms with Gasteiger partial charge in [0.25, 0.3) is 0 Å². The average Bonchev–Trinajstić information content (AvgIpc) is 2.65. The van der Waals surface area contributed by atoms with Gasteiger partial charge in [0.05, 0.1) is 17.7 Å². The smallest absolute Gasteiger partial charge is 0.350 e. The highest BCUT2D eigenvalue weighted by atomic mass is 32.2. The van der Waals surface area contributed by atoms with Crippen LogP contribution in [0.5, 0.6) is 0 Å². The van der Waals surface area contributed by atoms with E-state index in [0.717, 1.165) is 22.9 Å². The molecule has 0 aliphatic heterocycles. The van der Waals surface area contributed by atoms with Gasteiger partial charge in [-0.3, -0.25) is 0 Å². The number of thiophene rings is 1. The van der Waals surface area contributed by atoms with E-state index in [2.05, 4.69) is 11.8 Å². The Morgan fingerprint density at radius 1 is 1.59 bits per heavy atom. The van der Waals surface area contributed by atoms with Crippen LogP contribution in [-0.4, -0.2) is 32.9 Å². The molecule has 0 amide bonds. The van der Waals surface area contributed by atoms with Crippen molar-refractivity contribution in [2.24, 2.45) is 0 Å². The molecule has 4 nitrogen and oxygen atoms in total. The molecule has 0 spiro atoms. The Hall–Kier alpha value is -0.880. The fraction of sp³-hybridized carbons (Fsp3) is 0.545. The van der Waals surface area contributed by atoms with Gasteiger partial charge in [-0.25, -0.2) is 4.79 Å². The van der Waals surface area contributed by atoms with Crippen LogP contribution in [0.15, 0.2) is 4.90 Å². The molecule has 0 aromatic carbocycles. The Balaban J connectivity index is 3.17. The molecule has 96 valence electrons. The Labute approximate surface area is 110 Å². The Kier molecular flexibility index (Phi) is 5.14. The molecule has 6 heteroatoms. The van der Waals surface area contributed by atoms with Gasteiger partial charge in [-0.2, -0.15) is 0 Å². The highest BCUT2D eigenvalue weighted by molar-refractivity contribution is 7.99. The summed E-state index contributed by atoms with van der Waals surface area (Å²) < 4.78 is 4.73. The number of carbonyl (C=O) groups is 1. The van der Waals surface area contributed by atoms with Crippen molar-refractivity contribution >= 4 is 39.8 Å². The lowest BCUT2D eigenvalue weighted by atomic mass is 10.3. The summed E-state index contributed by atoms with van der Waals surface area (Å²) in [6.45, 7) is 3.06. The Morgan fingerprint density at radius 3 is 2.71 bits per heavy atom. The molecule has 0 bridgehead atoms. The first-order valence-corrected chi connectivity index (χ1v) is 7.36. The fourth-order valence-corrected chi connectivity index (χ4v) is 3.66. The summed E-state index contributed by atoms with van der Waals surface area (Å²) in [4.78, 5) is 15.2. The number of hydrogen-bond donors (Lipinski definition) is 1. The average molecular weight is 274 g/mol. The number of carbonyl (C=O) groups excluding carboxylic acids is 1. The summed E-state index contributed by atoms with van der Waals surface area (Å²) in [5.41, 5.74) is 6.52. The first-order chi connectivity index (χ1) is 8.06. The van der Waals surface area contributed by atoms with Gasteiger partial charge in [0, 0.05) is 13.6 Å². The molecular weight excluding hydrogens is 256 g/mol. The van der Waals surface area contributed by atoms with Crippen molar-refractivity contribution in [1.82, 2.24) is 0 Å². The van der Waals surface area contributed by atoms with Crippen LogP contribution in [0.2, 0.25) is 0 Å². The molecule has 1 rings (SSSR count). The summed E-state index contributed by atoms with van der Waals surface area (Å²) in [7, 11) is 3.38. The van der Waals surface area contributed by atoms with Crippen LogP contribution >= 0.6 is 23.1 Å². The largest absolute Gasteiger partial charge is 0.465 e. The molecule has 17 heavy (non-hydrogen) atoms. The van der Waals surface area contributed by atoms with E-state index in [-0.39, 0.29) is 5.97 Å². The Bertz CT molecular complexity index is 404. The molecule has 0 unspecified atom stereocenters. The number of nitrogens with two attached hydrogens (primary N) is 1. The van der Waals surface area contributed by atoms with Crippen molar-refractivity contribution in [3.05, 3.63) is 4.88 Å². The second kappa shape index (κ2) is 6.16. The van der Waals surface area contributed by atoms with Gasteiger partial charge in [-0.05, 0) is 12.7 Å². The van der Waals surface area contributed by atoms with Crippen molar-refractivity contribution in [3.8, 4) is 0 Å². The third-order valence-electron chi connectivity index (χ3n) is 2.36. The third-order valence-corrected chi connectivity index (χ3v) is 4.61. The summed E-state index contributed by atoms with van der Waals surface area (Å²) >= 11 is 2.96. The molecule has 0 saturated heterocycles. The van der Waals surface area contributed by atoms with Crippen LogP contribution in [0.1, 0.15) is 23.0 Å². The Morgan fingerprint density at radius 2 is 2.24 bits per heavy atom. The molecule has 0 fully saturated rings. The lowest BCUT2D eigenvalue weighted by Gasteiger charge is -2.17. The number of nitrogen functional groups attached to an aromatic ring is 1. The van der Waals surface area contributed by atoms with Crippen molar-refractivity contribution in [2.75, 3.05) is 37.6 Å². The number of ether oxygens (including phenoxy) is 1. The minimum atomic E-state index is -0.362. The van der Waals surface area contributed by atoms with Crippen molar-refractivity contribution in [1.29, 1.82) is 0 Å². The molecule has 1 heterocycles. The molecule has 0 radical (unpaired) electrons. The van der Waals surface area contributed by atoms with Gasteiger partial charge in [-0.15, -0.1) is 23.1 Å². The second-order valence-electron chi connectivity index (χ2n) is 3.60. The number of hydrogen-bond acceptors (Lipinski definition) is 6. The van der Waals surface area contributed by atoms with Crippen LogP contribution in [0, 0.1) is 0 Å². The minimum absolute atomic E-state index is 0.362. The maximum absolute atomic E-state index is 11.6. The van der Waals surface area contributed by atoms with E-state index in [9.17, 15) is 4.79 Å². The zero-order valence-electron chi connectivity index (χ0n) is 10.6. The third kappa shape index (κ3) is 2.87. The molecule has 0 aliphatic carbocycles. The summed E-state index contributed by atoms with van der Waals surface area (Å²) in [6, 6.07) is 0. The predicted octanol–water partition coefficient (Wildman–Crippen LogP) is 2.69. The molecule has 1 aromatic rings. The first kappa shape index (κ1) is 14.2. The van der Waals surface area contributed by atoms with Crippen LogP contribution in [0.4, 0.5) is 10.7 Å². The van der Waals surface area contributed by atoms with Gasteiger partial charge in [-0.1, -0.05) is 6.92 Å². The lowest BCUT2D eigenvalue weighted by Crippen LogP contribution is -2.17. The number of esters is 1. The molecule has 2 N–H and O–H groups in total. The SMILES string of the molecule is CCCN(C)c1sc(C(=O)OC)c(N)c1SC. The van der Waals surface area contributed by atoms with Crippen LogP contribution in [0.3, 0.4) is 0 Å². The van der Waals surface area contributed by atoms with Crippen LogP contribution in [0.25, 0.3) is 0 Å². The standard InChI is InChI=1S/C11H18N2O2S2/c1-5-6-13(2)10-8(16-4)7(12)9(17-10)11(14)15-3/h5-6,12H2,1-4H3. The van der Waals surface area contributed by atoms with E-state index >= 15 is 0 Å². The highest BCUT2D eigenvalue weighted by Gasteiger charge is 2.22. The van der Waals surface area contributed by atoms with Gasteiger partial charge in [0.1, 0.15) is 9.88 Å². The summed E-state index contributed by atoms with van der Waals surface area (Å²) in [6.07, 6.45) is 3.01. The number of nitrogens with zero attached hydrogens (tertiary/aromatic N) is 1. The maximum atomic E-state index is 11.6. The van der Waals surface area contributed by atoms with Crippen molar-refractivity contribution < 1.29 is 9.53 Å². The lowest BCUT2D eigenvalue weighted by molar-refractivity contribution is 0.0607. The zero-order chi connectivity index (χ0) is 13.0. The van der Waals surface area contributed by atoms with Gasteiger partial charge in [0.2, 0.25) is 0 Å². The normalized spacial score (nSPS) is 10.4. The highest BCUT2D eigenvalue weighted by Crippen LogP contribution is 2.43. The van der Waals surface area contributed by atoms with E-state index in [1.807, 2.05) is 13.3 Å². The van der Waals surface area contributed by atoms with Crippen LogP contribution < -0.4 is 10.6 Å². The van der Waals surface area contributed by atoms with Gasteiger partial charge >= 0.3 is 5.97 Å². The number of thioether (sulfide) groups is 1. The molecule has 1 aromatic heterocycles. The van der Waals surface area contributed by atoms with Gasteiger partial charge < -0.3 is 15.4 Å². The summed E-state index contributed by atoms with van der Waals surface area (Å²) in [5.74, 6) is -0.362.